The quantitative estimate of drug-likeness (QED) is 0.734. The molecule has 0 saturated heterocycles. The van der Waals surface area contributed by atoms with Crippen LogP contribution in [0.25, 0.3) is 0 Å². The molecule has 3 nitrogen and oxygen atoms in total. The zero-order valence-electron chi connectivity index (χ0n) is 8.04. The molecule has 0 aromatic carbocycles. The monoisotopic (exact) mass is 223 g/mol. The molecule has 0 fully saturated rings. The first-order valence-corrected chi connectivity index (χ1v) is 4.86. The summed E-state index contributed by atoms with van der Waals surface area (Å²) in [4.78, 5) is 0. The lowest BCUT2D eigenvalue weighted by molar-refractivity contribution is 0.119. The molecule has 0 amide bonds. The summed E-state index contributed by atoms with van der Waals surface area (Å²) < 4.78 is 25.5. The van der Waals surface area contributed by atoms with Crippen molar-refractivity contribution in [1.29, 1.82) is 0 Å². The molecule has 0 atom stereocenters. The second-order valence-electron chi connectivity index (χ2n) is 3.28. The molecule has 0 unspecified atom stereocenters. The fourth-order valence-electron chi connectivity index (χ4n) is 1.35. The van der Waals surface area contributed by atoms with Crippen LogP contribution in [0.2, 0.25) is 0 Å². The van der Waals surface area contributed by atoms with Gasteiger partial charge in [-0.15, -0.1) is 16.7 Å². The number of hydrogen-bond acceptors (Lipinski definition) is 2. The molecule has 80 valence electrons. The zero-order chi connectivity index (χ0) is 10.7. The maximum atomic E-state index is 12.2. The molecule has 1 heterocycles. The van der Waals surface area contributed by atoms with Crippen LogP contribution in [-0.2, 0) is 12.4 Å². The predicted octanol–water partition coefficient (Wildman–Crippen LogP) is 2.41. The second kappa shape index (κ2) is 4.68. The van der Waals surface area contributed by atoms with Crippen LogP contribution in [0.4, 0.5) is 8.78 Å². The van der Waals surface area contributed by atoms with E-state index in [9.17, 15) is 8.78 Å². The molecule has 0 saturated carbocycles. The van der Waals surface area contributed by atoms with E-state index < -0.39 is 13.0 Å². The average Bonchev–Trinajstić information content (AvgIpc) is 2.46. The third kappa shape index (κ3) is 2.41. The van der Waals surface area contributed by atoms with Crippen LogP contribution in [0.1, 0.15) is 31.2 Å². The molecule has 0 aliphatic heterocycles. The van der Waals surface area contributed by atoms with Gasteiger partial charge in [0.05, 0.1) is 11.6 Å². The summed E-state index contributed by atoms with van der Waals surface area (Å²) in [5.74, 6) is 0.300. The molecule has 0 spiro atoms. The van der Waals surface area contributed by atoms with Crippen LogP contribution in [0, 0.1) is 0 Å². The molecular weight excluding hydrogens is 212 g/mol. The van der Waals surface area contributed by atoms with Gasteiger partial charge in [0, 0.05) is 0 Å². The van der Waals surface area contributed by atoms with Gasteiger partial charge >= 0.3 is 0 Å². The third-order valence-electron chi connectivity index (χ3n) is 1.83. The Morgan fingerprint density at radius 2 is 2.07 bits per heavy atom. The normalized spacial score (nSPS) is 11.6. The molecule has 0 aliphatic carbocycles. The number of rotatable bonds is 4. The van der Waals surface area contributed by atoms with E-state index in [4.69, 9.17) is 11.6 Å². The fraction of sp³-hybridized carbons (Fsp3) is 0.750. The summed E-state index contributed by atoms with van der Waals surface area (Å²) in [5, 5.41) is 7.41. The Kier molecular flexibility index (Phi) is 3.80. The molecule has 0 radical (unpaired) electrons. The van der Waals surface area contributed by atoms with Crippen molar-refractivity contribution in [2.24, 2.45) is 0 Å². The SMILES string of the molecule is CC(C)c1c(CCl)nnn1CC(F)F. The highest BCUT2D eigenvalue weighted by Crippen LogP contribution is 2.19. The van der Waals surface area contributed by atoms with Gasteiger partial charge in [0.1, 0.15) is 12.2 Å². The van der Waals surface area contributed by atoms with Crippen LogP contribution in [0.15, 0.2) is 0 Å². The summed E-state index contributed by atoms with van der Waals surface area (Å²) >= 11 is 5.62. The number of aromatic nitrogens is 3. The third-order valence-corrected chi connectivity index (χ3v) is 2.08. The van der Waals surface area contributed by atoms with Gasteiger partial charge in [0.2, 0.25) is 0 Å². The van der Waals surface area contributed by atoms with Crippen LogP contribution >= 0.6 is 11.6 Å². The molecular formula is C8H12ClF2N3. The minimum Gasteiger partial charge on any atom is -0.243 e. The number of halogens is 3. The molecule has 14 heavy (non-hydrogen) atoms. The van der Waals surface area contributed by atoms with Crippen LogP contribution in [0.5, 0.6) is 0 Å². The minimum absolute atomic E-state index is 0.0949. The fourth-order valence-corrected chi connectivity index (χ4v) is 1.54. The van der Waals surface area contributed by atoms with Crippen molar-refractivity contribution in [2.45, 2.75) is 38.6 Å². The Morgan fingerprint density at radius 3 is 2.50 bits per heavy atom. The Hall–Kier alpha value is -0.710. The lowest BCUT2D eigenvalue weighted by Crippen LogP contribution is -2.13. The molecule has 1 aromatic rings. The van der Waals surface area contributed by atoms with Crippen molar-refractivity contribution in [3.63, 3.8) is 0 Å². The Bertz CT molecular complexity index is 299. The molecule has 1 aromatic heterocycles. The number of alkyl halides is 3. The first-order valence-electron chi connectivity index (χ1n) is 4.32. The summed E-state index contributed by atoms with van der Waals surface area (Å²) in [6.07, 6.45) is -2.42. The minimum atomic E-state index is -2.42. The van der Waals surface area contributed by atoms with E-state index in [1.54, 1.807) is 0 Å². The lowest BCUT2D eigenvalue weighted by Gasteiger charge is -2.09. The maximum Gasteiger partial charge on any atom is 0.257 e. The van der Waals surface area contributed by atoms with Gasteiger partial charge in [-0.25, -0.2) is 13.5 Å². The van der Waals surface area contributed by atoms with Crippen molar-refractivity contribution in [3.8, 4) is 0 Å². The largest absolute Gasteiger partial charge is 0.257 e. The van der Waals surface area contributed by atoms with Crippen molar-refractivity contribution in [2.75, 3.05) is 0 Å². The zero-order valence-corrected chi connectivity index (χ0v) is 8.80. The van der Waals surface area contributed by atoms with E-state index in [-0.39, 0.29) is 11.8 Å². The Balaban J connectivity index is 2.98. The van der Waals surface area contributed by atoms with Gasteiger partial charge in [-0.05, 0) is 5.92 Å². The average molecular weight is 224 g/mol. The molecule has 0 aliphatic rings. The van der Waals surface area contributed by atoms with E-state index >= 15 is 0 Å². The predicted molar refractivity (Wildman–Crippen MR) is 49.7 cm³/mol. The van der Waals surface area contributed by atoms with E-state index in [2.05, 4.69) is 10.3 Å². The van der Waals surface area contributed by atoms with Crippen molar-refractivity contribution in [3.05, 3.63) is 11.4 Å². The molecule has 0 bridgehead atoms. The smallest absolute Gasteiger partial charge is 0.243 e. The maximum absolute atomic E-state index is 12.2. The highest BCUT2D eigenvalue weighted by molar-refractivity contribution is 6.16. The van der Waals surface area contributed by atoms with E-state index in [0.29, 0.717) is 11.4 Å². The van der Waals surface area contributed by atoms with E-state index in [1.165, 1.54) is 4.68 Å². The molecule has 1 rings (SSSR count). The van der Waals surface area contributed by atoms with Gasteiger partial charge in [-0.1, -0.05) is 19.1 Å². The highest BCUT2D eigenvalue weighted by Gasteiger charge is 2.17. The topological polar surface area (TPSA) is 30.7 Å². The summed E-state index contributed by atoms with van der Waals surface area (Å²) in [6, 6.07) is 0. The van der Waals surface area contributed by atoms with Gasteiger partial charge in [-0.3, -0.25) is 0 Å². The van der Waals surface area contributed by atoms with Crippen molar-refractivity contribution in [1.82, 2.24) is 15.0 Å². The van der Waals surface area contributed by atoms with Crippen molar-refractivity contribution < 1.29 is 8.78 Å². The van der Waals surface area contributed by atoms with Crippen molar-refractivity contribution >= 4 is 11.6 Å². The summed E-state index contributed by atoms with van der Waals surface area (Å²) in [6.45, 7) is 3.38. The van der Waals surface area contributed by atoms with Crippen LogP contribution < -0.4 is 0 Å². The number of nitrogens with zero attached hydrogens (tertiary/aromatic N) is 3. The first kappa shape index (κ1) is 11.4. The lowest BCUT2D eigenvalue weighted by atomic mass is 10.1. The molecule has 0 N–H and O–H groups in total. The van der Waals surface area contributed by atoms with E-state index in [1.807, 2.05) is 13.8 Å². The highest BCUT2D eigenvalue weighted by atomic mass is 35.5. The Labute approximate surface area is 86.1 Å². The first-order chi connectivity index (χ1) is 6.56. The summed E-state index contributed by atoms with van der Waals surface area (Å²) in [7, 11) is 0. The van der Waals surface area contributed by atoms with Gasteiger partial charge in [0.25, 0.3) is 6.43 Å². The van der Waals surface area contributed by atoms with Gasteiger partial charge in [-0.2, -0.15) is 0 Å². The van der Waals surface area contributed by atoms with Crippen LogP contribution in [-0.4, -0.2) is 21.4 Å². The van der Waals surface area contributed by atoms with Gasteiger partial charge in [0.15, 0.2) is 0 Å². The standard InChI is InChI=1S/C8H12ClF2N3/c1-5(2)8-6(3-9)12-13-14(8)4-7(10)11/h5,7H,3-4H2,1-2H3. The number of hydrogen-bond donors (Lipinski definition) is 0. The molecule has 6 heteroatoms. The Morgan fingerprint density at radius 1 is 1.43 bits per heavy atom. The van der Waals surface area contributed by atoms with E-state index in [0.717, 1.165) is 0 Å². The second-order valence-corrected chi connectivity index (χ2v) is 3.55. The van der Waals surface area contributed by atoms with Crippen LogP contribution in [0.3, 0.4) is 0 Å². The summed E-state index contributed by atoms with van der Waals surface area (Å²) in [5.41, 5.74) is 1.28. The van der Waals surface area contributed by atoms with Gasteiger partial charge < -0.3 is 0 Å².